The van der Waals surface area contributed by atoms with Crippen molar-refractivity contribution < 1.29 is 24.5 Å². The highest BCUT2D eigenvalue weighted by Gasteiger charge is 2.47. The monoisotopic (exact) mass is 685 g/mol. The Balaban J connectivity index is 1.28. The lowest BCUT2D eigenvalue weighted by Crippen LogP contribution is -2.42. The summed E-state index contributed by atoms with van der Waals surface area (Å²) in [6.07, 6.45) is -0.217. The normalized spacial score (nSPS) is 21.0. The van der Waals surface area contributed by atoms with Crippen LogP contribution in [0.3, 0.4) is 0 Å². The number of piperidine rings is 1. The van der Waals surface area contributed by atoms with E-state index < -0.39 is 30.4 Å². The number of likely N-dealkylation sites (tertiary alicyclic amines) is 1. The second-order valence-electron chi connectivity index (χ2n) is 12.9. The van der Waals surface area contributed by atoms with Crippen LogP contribution in [0.4, 0.5) is 10.6 Å². The molecule has 0 saturated carbocycles. The fourth-order valence-corrected chi connectivity index (χ4v) is 6.64. The highest BCUT2D eigenvalue weighted by Crippen LogP contribution is 2.33. The van der Waals surface area contributed by atoms with Crippen LogP contribution in [0.2, 0.25) is 0 Å². The van der Waals surface area contributed by atoms with Crippen molar-refractivity contribution in [3.05, 3.63) is 83.9 Å². The number of aliphatic hydroxyl groups excluding tert-OH is 2. The van der Waals surface area contributed by atoms with Gasteiger partial charge in [-0.05, 0) is 44.0 Å². The third-order valence-corrected chi connectivity index (χ3v) is 9.35. The quantitative estimate of drug-likeness (QED) is 0.141. The average Bonchev–Trinajstić information content (AvgIpc) is 3.69. The number of carbonyl (C=O) groups is 2. The van der Waals surface area contributed by atoms with Gasteiger partial charge in [-0.2, -0.15) is 0 Å². The summed E-state index contributed by atoms with van der Waals surface area (Å²) in [4.78, 5) is 43.8. The second kappa shape index (κ2) is 16.4. The Kier molecular flexibility index (Phi) is 11.5. The number of aromatic nitrogens is 4. The Morgan fingerprint density at radius 3 is 2.30 bits per heavy atom. The number of rotatable bonds is 13. The van der Waals surface area contributed by atoms with Crippen molar-refractivity contribution in [2.24, 2.45) is 0 Å². The zero-order valence-corrected chi connectivity index (χ0v) is 28.6. The summed E-state index contributed by atoms with van der Waals surface area (Å²) < 4.78 is 7.41. The molecule has 0 radical (unpaired) electrons. The van der Waals surface area contributed by atoms with Crippen molar-refractivity contribution >= 4 is 28.9 Å². The molecule has 50 heavy (non-hydrogen) atoms. The first-order valence-corrected chi connectivity index (χ1v) is 17.4. The highest BCUT2D eigenvalue weighted by atomic mass is 16.6. The van der Waals surface area contributed by atoms with Crippen molar-refractivity contribution in [3.8, 4) is 0 Å². The zero-order valence-electron chi connectivity index (χ0n) is 28.6. The smallest absolute Gasteiger partial charge is 0.317 e. The van der Waals surface area contributed by atoms with E-state index in [-0.39, 0.29) is 18.5 Å². The van der Waals surface area contributed by atoms with Gasteiger partial charge >= 0.3 is 6.03 Å². The Labute approximate surface area is 291 Å². The minimum atomic E-state index is -1.46. The first-order chi connectivity index (χ1) is 24.3. The Morgan fingerprint density at radius 2 is 1.64 bits per heavy atom. The van der Waals surface area contributed by atoms with Crippen LogP contribution >= 0.6 is 0 Å². The fourth-order valence-electron chi connectivity index (χ4n) is 6.64. The summed E-state index contributed by atoms with van der Waals surface area (Å²) in [6, 6.07) is 20.1. The van der Waals surface area contributed by atoms with Gasteiger partial charge in [-0.25, -0.2) is 19.7 Å². The van der Waals surface area contributed by atoms with Crippen molar-refractivity contribution in [3.63, 3.8) is 0 Å². The van der Waals surface area contributed by atoms with Gasteiger partial charge in [-0.1, -0.05) is 67.1 Å². The summed E-state index contributed by atoms with van der Waals surface area (Å²) in [5.41, 5.74) is 2.97. The van der Waals surface area contributed by atoms with Crippen LogP contribution in [0.15, 0.2) is 67.0 Å². The minimum Gasteiger partial charge on any atom is -0.387 e. The third kappa shape index (κ3) is 8.05. The molecule has 0 unspecified atom stereocenters. The Hall–Kier alpha value is -4.63. The number of nitrogens with zero attached hydrogens (tertiary/aromatic N) is 6. The van der Waals surface area contributed by atoms with Gasteiger partial charge in [0, 0.05) is 39.1 Å². The number of likely N-dealkylation sites (N-methyl/N-ethyl adjacent to an activating group) is 1. The molecule has 2 aromatic heterocycles. The summed E-state index contributed by atoms with van der Waals surface area (Å²) in [7, 11) is 1.69. The van der Waals surface area contributed by atoms with Crippen LogP contribution in [0, 0.1) is 0 Å². The lowest BCUT2D eigenvalue weighted by atomic mass is 9.91. The number of nitrogens with one attached hydrogen (secondary N) is 3. The van der Waals surface area contributed by atoms with E-state index in [2.05, 4.69) is 50.1 Å². The molecule has 4 aromatic rings. The molecule has 14 nitrogen and oxygen atoms in total. The minimum absolute atomic E-state index is 0.0192. The summed E-state index contributed by atoms with van der Waals surface area (Å²) in [5, 5.41) is 30.9. The Bertz CT molecular complexity index is 1680. The maximum Gasteiger partial charge on any atom is 0.317 e. The predicted molar refractivity (Wildman–Crippen MR) is 188 cm³/mol. The average molecular weight is 686 g/mol. The van der Waals surface area contributed by atoms with Crippen LogP contribution < -0.4 is 16.0 Å². The van der Waals surface area contributed by atoms with E-state index in [4.69, 9.17) is 14.7 Å². The number of benzene rings is 2. The zero-order chi connectivity index (χ0) is 35.0. The number of imidazole rings is 1. The van der Waals surface area contributed by atoms with Crippen LogP contribution in [0.25, 0.3) is 11.2 Å². The largest absolute Gasteiger partial charge is 0.387 e. The number of hydrogen-bond donors (Lipinski definition) is 5. The molecule has 14 heteroatoms. The molecule has 2 aliphatic rings. The molecule has 2 fully saturated rings. The van der Waals surface area contributed by atoms with Crippen LogP contribution in [-0.4, -0.2) is 116 Å². The standard InChI is InChI=1S/C36H47N9O5/c1-3-37-34(48)31-29(46)30(47)35(50-31)45-23-40-28-32(39-21-26(24-13-7-4-8-14-24)25-15-9-5-10-16-25)41-27(42-33(28)45)22-43(2)36(49)38-17-20-44-18-11-6-12-19-44/h4-5,7-10,13-16,23,26,29-31,35,46-47H,3,6,11-12,17-22H2,1-2H3,(H,37,48)(H,38,49)(H,39,41,42)/t29-,30+,31-,35+/m0/s1. The number of anilines is 1. The molecular weight excluding hydrogens is 638 g/mol. The van der Waals surface area contributed by atoms with Gasteiger partial charge < -0.3 is 40.7 Å². The van der Waals surface area contributed by atoms with E-state index in [9.17, 15) is 19.8 Å². The topological polar surface area (TPSA) is 170 Å². The number of ether oxygens (including phenoxy) is 1. The number of fused-ring (bicyclic) bond motifs is 1. The van der Waals surface area contributed by atoms with Crippen LogP contribution in [0.1, 0.15) is 55.3 Å². The number of amides is 3. The van der Waals surface area contributed by atoms with Gasteiger partial charge in [0.25, 0.3) is 5.91 Å². The number of aliphatic hydroxyl groups is 2. The first-order valence-electron chi connectivity index (χ1n) is 17.4. The molecule has 266 valence electrons. The Morgan fingerprint density at radius 1 is 0.960 bits per heavy atom. The number of urea groups is 1. The van der Waals surface area contributed by atoms with E-state index >= 15 is 0 Å². The summed E-state index contributed by atoms with van der Waals surface area (Å²) >= 11 is 0. The van der Waals surface area contributed by atoms with Crippen LogP contribution in [0.5, 0.6) is 0 Å². The molecule has 5 N–H and O–H groups in total. The predicted octanol–water partition coefficient (Wildman–Crippen LogP) is 2.45. The van der Waals surface area contributed by atoms with Crippen molar-refractivity contribution in [1.29, 1.82) is 0 Å². The molecule has 3 amide bonds. The molecule has 4 atom stereocenters. The van der Waals surface area contributed by atoms with Gasteiger partial charge in [0.1, 0.15) is 12.2 Å². The first kappa shape index (κ1) is 35.2. The maximum absolute atomic E-state index is 13.1. The van der Waals surface area contributed by atoms with Gasteiger partial charge in [-0.15, -0.1) is 0 Å². The molecule has 2 aliphatic heterocycles. The van der Waals surface area contributed by atoms with E-state index in [1.165, 1.54) is 35.1 Å². The maximum atomic E-state index is 13.1. The van der Waals surface area contributed by atoms with Gasteiger partial charge in [0.05, 0.1) is 12.9 Å². The lowest BCUT2D eigenvalue weighted by Gasteiger charge is -2.26. The second-order valence-corrected chi connectivity index (χ2v) is 12.9. The van der Waals surface area contributed by atoms with E-state index in [1.807, 2.05) is 36.4 Å². The SMILES string of the molecule is CCNC(=O)[C@H]1O[C@@H](n2cnc3c(NCC(c4ccccc4)c4ccccc4)nc(CN(C)C(=O)NCCN4CCCCC4)nc32)[C@H](O)[C@@H]1O. The fraction of sp³-hybridized carbons (Fsp3) is 0.472. The molecule has 6 rings (SSSR count). The molecule has 4 heterocycles. The molecule has 0 aliphatic carbocycles. The molecule has 0 bridgehead atoms. The molecule has 2 saturated heterocycles. The van der Waals surface area contributed by atoms with Crippen molar-refractivity contribution in [2.45, 2.75) is 63.2 Å². The van der Waals surface area contributed by atoms with Crippen molar-refractivity contribution in [1.82, 2.24) is 40.0 Å². The lowest BCUT2D eigenvalue weighted by molar-refractivity contribution is -0.137. The van der Waals surface area contributed by atoms with Gasteiger partial charge in [-0.3, -0.25) is 9.36 Å². The third-order valence-electron chi connectivity index (χ3n) is 9.35. The highest BCUT2D eigenvalue weighted by molar-refractivity contribution is 5.84. The number of hydrogen-bond acceptors (Lipinski definition) is 10. The van der Waals surface area contributed by atoms with E-state index in [1.54, 1.807) is 14.0 Å². The van der Waals surface area contributed by atoms with E-state index in [0.29, 0.717) is 42.4 Å². The summed E-state index contributed by atoms with van der Waals surface area (Å²) in [5.74, 6) is 0.228. The summed E-state index contributed by atoms with van der Waals surface area (Å²) in [6.45, 7) is 6.11. The van der Waals surface area contributed by atoms with Gasteiger partial charge in [0.15, 0.2) is 35.1 Å². The van der Waals surface area contributed by atoms with Crippen molar-refractivity contribution in [2.75, 3.05) is 51.6 Å². The van der Waals surface area contributed by atoms with Gasteiger partial charge in [0.2, 0.25) is 0 Å². The molecule has 0 spiro atoms. The van der Waals surface area contributed by atoms with E-state index in [0.717, 1.165) is 30.8 Å². The molecule has 2 aromatic carbocycles. The number of carbonyl (C=O) groups excluding carboxylic acids is 2. The van der Waals surface area contributed by atoms with Crippen LogP contribution in [-0.2, 0) is 16.1 Å². The molecular formula is C36H47N9O5.